The zero-order valence-electron chi connectivity index (χ0n) is 10.6. The van der Waals surface area contributed by atoms with Gasteiger partial charge in [0.1, 0.15) is 12.4 Å². The number of rotatable bonds is 5. The number of halogens is 2. The van der Waals surface area contributed by atoms with Crippen molar-refractivity contribution < 1.29 is 4.74 Å². The van der Waals surface area contributed by atoms with E-state index in [2.05, 4.69) is 5.32 Å². The summed E-state index contributed by atoms with van der Waals surface area (Å²) in [6.45, 7) is 3.31. The van der Waals surface area contributed by atoms with Gasteiger partial charge in [-0.25, -0.2) is 0 Å². The van der Waals surface area contributed by atoms with Gasteiger partial charge in [-0.3, -0.25) is 0 Å². The lowest BCUT2D eigenvalue weighted by Gasteiger charge is -2.09. The normalized spacial score (nSPS) is 10.3. The third-order valence-corrected chi connectivity index (χ3v) is 3.02. The van der Waals surface area contributed by atoms with Crippen molar-refractivity contribution in [3.63, 3.8) is 0 Å². The Balaban J connectivity index is 1.79. The average molecular weight is 296 g/mol. The Bertz CT molecular complexity index is 520. The maximum Gasteiger partial charge on any atom is 0.119 e. The van der Waals surface area contributed by atoms with E-state index in [9.17, 15) is 0 Å². The maximum atomic E-state index is 5.92. The Morgan fingerprint density at radius 1 is 1.00 bits per heavy atom. The van der Waals surface area contributed by atoms with Gasteiger partial charge in [-0.15, -0.1) is 0 Å². The van der Waals surface area contributed by atoms with Crippen LogP contribution in [0.4, 0.5) is 5.69 Å². The number of benzene rings is 2. The van der Waals surface area contributed by atoms with Gasteiger partial charge in [-0.2, -0.15) is 0 Å². The minimum atomic E-state index is 0.577. The number of anilines is 1. The van der Waals surface area contributed by atoms with Crippen molar-refractivity contribution in [2.24, 2.45) is 0 Å². The van der Waals surface area contributed by atoms with Gasteiger partial charge >= 0.3 is 0 Å². The molecular weight excluding hydrogens is 281 g/mol. The molecule has 0 aromatic heterocycles. The lowest BCUT2D eigenvalue weighted by Crippen LogP contribution is -2.11. The molecule has 2 rings (SSSR count). The van der Waals surface area contributed by atoms with Crippen LogP contribution >= 0.6 is 23.2 Å². The summed E-state index contributed by atoms with van der Waals surface area (Å²) in [6.07, 6.45) is 0. The van der Waals surface area contributed by atoms with Crippen LogP contribution in [0.2, 0.25) is 10.0 Å². The molecular formula is C15H15Cl2NO. The summed E-state index contributed by atoms with van der Waals surface area (Å²) in [6, 6.07) is 13.4. The van der Waals surface area contributed by atoms with E-state index in [0.717, 1.165) is 11.4 Å². The molecule has 0 bridgehead atoms. The van der Waals surface area contributed by atoms with Crippen LogP contribution in [0.1, 0.15) is 5.56 Å². The highest BCUT2D eigenvalue weighted by Gasteiger charge is 1.98. The molecule has 2 aromatic carbocycles. The molecule has 4 heteroatoms. The standard InChI is InChI=1S/C15H15Cl2NO/c1-11-2-4-15(5-3-11)19-7-6-18-14-9-12(16)8-13(17)10-14/h2-5,8-10,18H,6-7H2,1H3. The zero-order valence-corrected chi connectivity index (χ0v) is 12.1. The van der Waals surface area contributed by atoms with Crippen LogP contribution in [-0.2, 0) is 0 Å². The predicted octanol–water partition coefficient (Wildman–Crippen LogP) is 4.79. The fourth-order valence-electron chi connectivity index (χ4n) is 1.65. The summed E-state index contributed by atoms with van der Waals surface area (Å²) < 4.78 is 5.61. The van der Waals surface area contributed by atoms with Crippen LogP contribution in [0.5, 0.6) is 5.75 Å². The minimum absolute atomic E-state index is 0.577. The second kappa shape index (κ2) is 6.69. The fourth-order valence-corrected chi connectivity index (χ4v) is 2.18. The van der Waals surface area contributed by atoms with E-state index < -0.39 is 0 Å². The summed E-state index contributed by atoms with van der Waals surface area (Å²) in [4.78, 5) is 0. The number of hydrogen-bond acceptors (Lipinski definition) is 2. The van der Waals surface area contributed by atoms with E-state index in [1.165, 1.54) is 5.56 Å². The first-order valence-electron chi connectivity index (χ1n) is 6.03. The summed E-state index contributed by atoms with van der Waals surface area (Å²) in [5.41, 5.74) is 2.11. The Labute approximate surface area is 123 Å². The second-order valence-corrected chi connectivity index (χ2v) is 5.12. The molecule has 0 aliphatic carbocycles. The Morgan fingerprint density at radius 3 is 2.26 bits per heavy atom. The number of aryl methyl sites for hydroxylation is 1. The van der Waals surface area contributed by atoms with Crippen LogP contribution in [-0.4, -0.2) is 13.2 Å². The summed E-state index contributed by atoms with van der Waals surface area (Å²) in [7, 11) is 0. The predicted molar refractivity (Wildman–Crippen MR) is 81.6 cm³/mol. The molecule has 2 nitrogen and oxygen atoms in total. The van der Waals surface area contributed by atoms with Crippen molar-refractivity contribution in [2.45, 2.75) is 6.92 Å². The maximum absolute atomic E-state index is 5.92. The van der Waals surface area contributed by atoms with Crippen molar-refractivity contribution >= 4 is 28.9 Å². The van der Waals surface area contributed by atoms with Gasteiger partial charge in [0.25, 0.3) is 0 Å². The van der Waals surface area contributed by atoms with E-state index in [1.807, 2.05) is 43.3 Å². The molecule has 0 fully saturated rings. The van der Waals surface area contributed by atoms with Gasteiger partial charge in [0, 0.05) is 22.3 Å². The first-order valence-corrected chi connectivity index (χ1v) is 6.78. The van der Waals surface area contributed by atoms with Crippen molar-refractivity contribution in [3.05, 3.63) is 58.1 Å². The molecule has 2 aromatic rings. The van der Waals surface area contributed by atoms with Crippen LogP contribution in [0, 0.1) is 6.92 Å². The van der Waals surface area contributed by atoms with Crippen LogP contribution in [0.25, 0.3) is 0 Å². The zero-order chi connectivity index (χ0) is 13.7. The first-order chi connectivity index (χ1) is 9.13. The Hall–Kier alpha value is -1.38. The average Bonchev–Trinajstić information content (AvgIpc) is 2.36. The number of ether oxygens (including phenoxy) is 1. The highest BCUT2D eigenvalue weighted by Crippen LogP contribution is 2.22. The topological polar surface area (TPSA) is 21.3 Å². The molecule has 0 aliphatic heterocycles. The summed E-state index contributed by atoms with van der Waals surface area (Å²) >= 11 is 11.8. The molecule has 0 atom stereocenters. The molecule has 1 N–H and O–H groups in total. The first kappa shape index (κ1) is 14.0. The minimum Gasteiger partial charge on any atom is -0.492 e. The third kappa shape index (κ3) is 4.66. The second-order valence-electron chi connectivity index (χ2n) is 4.25. The quantitative estimate of drug-likeness (QED) is 0.801. The van der Waals surface area contributed by atoms with Crippen molar-refractivity contribution in [2.75, 3.05) is 18.5 Å². The van der Waals surface area contributed by atoms with Gasteiger partial charge < -0.3 is 10.1 Å². The molecule has 0 spiro atoms. The highest BCUT2D eigenvalue weighted by atomic mass is 35.5. The van der Waals surface area contributed by atoms with Gasteiger partial charge in [0.15, 0.2) is 0 Å². The van der Waals surface area contributed by atoms with Crippen LogP contribution in [0.3, 0.4) is 0 Å². The van der Waals surface area contributed by atoms with Crippen LogP contribution in [0.15, 0.2) is 42.5 Å². The highest BCUT2D eigenvalue weighted by molar-refractivity contribution is 6.35. The Morgan fingerprint density at radius 2 is 1.63 bits per heavy atom. The van der Waals surface area contributed by atoms with Gasteiger partial charge in [-0.1, -0.05) is 40.9 Å². The molecule has 100 valence electrons. The molecule has 0 saturated heterocycles. The largest absolute Gasteiger partial charge is 0.492 e. The lowest BCUT2D eigenvalue weighted by atomic mass is 10.2. The van der Waals surface area contributed by atoms with Crippen molar-refractivity contribution in [1.82, 2.24) is 0 Å². The molecule has 0 radical (unpaired) electrons. The van der Waals surface area contributed by atoms with Crippen molar-refractivity contribution in [3.8, 4) is 5.75 Å². The van der Waals surface area contributed by atoms with E-state index in [0.29, 0.717) is 23.2 Å². The van der Waals surface area contributed by atoms with Gasteiger partial charge in [0.05, 0.1) is 0 Å². The lowest BCUT2D eigenvalue weighted by molar-refractivity contribution is 0.333. The summed E-state index contributed by atoms with van der Waals surface area (Å²) in [5.74, 6) is 0.872. The third-order valence-electron chi connectivity index (χ3n) is 2.58. The van der Waals surface area contributed by atoms with Crippen molar-refractivity contribution in [1.29, 1.82) is 0 Å². The van der Waals surface area contributed by atoms with E-state index in [-0.39, 0.29) is 0 Å². The molecule has 0 amide bonds. The van der Waals surface area contributed by atoms with Gasteiger partial charge in [-0.05, 0) is 37.3 Å². The molecule has 0 heterocycles. The molecule has 0 aliphatic rings. The SMILES string of the molecule is Cc1ccc(OCCNc2cc(Cl)cc(Cl)c2)cc1. The molecule has 0 saturated carbocycles. The monoisotopic (exact) mass is 295 g/mol. The molecule has 0 unspecified atom stereocenters. The Kier molecular flexibility index (Phi) is 4.94. The molecule has 19 heavy (non-hydrogen) atoms. The number of nitrogens with one attached hydrogen (secondary N) is 1. The van der Waals surface area contributed by atoms with Crippen LogP contribution < -0.4 is 10.1 Å². The number of hydrogen-bond donors (Lipinski definition) is 1. The smallest absolute Gasteiger partial charge is 0.119 e. The van der Waals surface area contributed by atoms with Gasteiger partial charge in [0.2, 0.25) is 0 Å². The van der Waals surface area contributed by atoms with E-state index >= 15 is 0 Å². The van der Waals surface area contributed by atoms with E-state index in [1.54, 1.807) is 6.07 Å². The van der Waals surface area contributed by atoms with E-state index in [4.69, 9.17) is 27.9 Å². The summed E-state index contributed by atoms with van der Waals surface area (Å²) in [5, 5.41) is 4.45. The fraction of sp³-hybridized carbons (Fsp3) is 0.200.